The Kier molecular flexibility index (Phi) is 6.31. The van der Waals surface area contributed by atoms with Crippen molar-refractivity contribution in [1.82, 2.24) is 5.32 Å². The molecule has 6 heteroatoms. The quantitative estimate of drug-likeness (QED) is 0.792. The monoisotopic (exact) mass is 388 g/mol. The third-order valence-electron chi connectivity index (χ3n) is 4.29. The molecule has 2 rings (SSSR count). The first-order valence-electron chi connectivity index (χ1n) is 8.88. The number of hydrogen-bond donors (Lipinski definition) is 1. The smallest absolute Gasteiger partial charge is 0.241 e. The number of nitrogens with one attached hydrogen (secondary N) is 1. The Morgan fingerprint density at radius 3 is 2.30 bits per heavy atom. The highest BCUT2D eigenvalue weighted by atomic mass is 32.2. The predicted molar refractivity (Wildman–Crippen MR) is 110 cm³/mol. The lowest BCUT2D eigenvalue weighted by molar-refractivity contribution is -0.121. The minimum Gasteiger partial charge on any atom is -0.349 e. The molecule has 1 N–H and O–H groups in total. The average Bonchev–Trinajstić information content (AvgIpc) is 2.54. The van der Waals surface area contributed by atoms with Gasteiger partial charge in [0.15, 0.2) is 0 Å². The molecule has 0 aliphatic heterocycles. The number of carbonyl (C=O) groups is 1. The van der Waals surface area contributed by atoms with E-state index in [2.05, 4.69) is 5.32 Å². The van der Waals surface area contributed by atoms with Gasteiger partial charge in [-0.15, -0.1) is 0 Å². The van der Waals surface area contributed by atoms with Crippen molar-refractivity contribution in [2.24, 2.45) is 0 Å². The molecular weight excluding hydrogens is 360 g/mol. The van der Waals surface area contributed by atoms with E-state index in [0.717, 1.165) is 22.9 Å². The number of amides is 1. The van der Waals surface area contributed by atoms with E-state index in [9.17, 15) is 13.2 Å². The van der Waals surface area contributed by atoms with Gasteiger partial charge in [0.05, 0.1) is 11.9 Å². The molecule has 0 saturated heterocycles. The van der Waals surface area contributed by atoms with Crippen LogP contribution in [0.5, 0.6) is 0 Å². The largest absolute Gasteiger partial charge is 0.349 e. The molecule has 0 aliphatic rings. The van der Waals surface area contributed by atoms with Crippen molar-refractivity contribution in [2.45, 2.75) is 39.7 Å². The highest BCUT2D eigenvalue weighted by Gasteiger charge is 2.26. The zero-order valence-corrected chi connectivity index (χ0v) is 17.4. The van der Waals surface area contributed by atoms with Crippen molar-refractivity contribution in [3.63, 3.8) is 0 Å². The molecule has 5 nitrogen and oxygen atoms in total. The maximum absolute atomic E-state index is 12.7. The summed E-state index contributed by atoms with van der Waals surface area (Å²) in [6.07, 6.45) is 1.78. The number of nitrogens with zero attached hydrogens (tertiary/aromatic N) is 1. The van der Waals surface area contributed by atoms with E-state index < -0.39 is 15.6 Å². The average molecular weight is 389 g/mol. The highest BCUT2D eigenvalue weighted by molar-refractivity contribution is 7.92. The molecule has 2 aromatic rings. The lowest BCUT2D eigenvalue weighted by Crippen LogP contribution is -2.50. The number of benzene rings is 2. The first kappa shape index (κ1) is 21.0. The molecule has 0 radical (unpaired) electrons. The van der Waals surface area contributed by atoms with Crippen molar-refractivity contribution in [3.8, 4) is 0 Å². The molecule has 2 aromatic carbocycles. The van der Waals surface area contributed by atoms with Gasteiger partial charge in [-0.3, -0.25) is 9.10 Å². The third kappa shape index (κ3) is 6.10. The van der Waals surface area contributed by atoms with Gasteiger partial charge in [-0.25, -0.2) is 8.42 Å². The summed E-state index contributed by atoms with van der Waals surface area (Å²) in [5.41, 5.74) is 2.89. The Bertz CT molecular complexity index is 906. The molecule has 0 heterocycles. The van der Waals surface area contributed by atoms with Crippen LogP contribution in [-0.4, -0.2) is 32.7 Å². The molecule has 0 spiro atoms. The second-order valence-electron chi connectivity index (χ2n) is 7.65. The van der Waals surface area contributed by atoms with E-state index in [1.165, 1.54) is 4.31 Å². The van der Waals surface area contributed by atoms with Crippen molar-refractivity contribution >= 4 is 21.6 Å². The summed E-state index contributed by atoms with van der Waals surface area (Å²) in [6.45, 7) is 7.35. The number of anilines is 1. The second-order valence-corrected chi connectivity index (χ2v) is 9.56. The van der Waals surface area contributed by atoms with Gasteiger partial charge in [-0.1, -0.05) is 42.5 Å². The summed E-state index contributed by atoms with van der Waals surface area (Å²) >= 11 is 0. The summed E-state index contributed by atoms with van der Waals surface area (Å²) in [7, 11) is -3.59. The van der Waals surface area contributed by atoms with Crippen LogP contribution >= 0.6 is 0 Å². The van der Waals surface area contributed by atoms with E-state index in [0.29, 0.717) is 12.1 Å². The van der Waals surface area contributed by atoms with Crippen LogP contribution in [0.15, 0.2) is 48.5 Å². The van der Waals surface area contributed by atoms with Crippen molar-refractivity contribution in [2.75, 3.05) is 17.1 Å². The standard InChI is InChI=1S/C21H28N2O3S/c1-16-11-12-17(2)19(13-16)23(27(5,25)26)15-20(24)22-21(3,4)14-18-9-7-6-8-10-18/h6-13H,14-15H2,1-5H3,(H,22,24). The van der Waals surface area contributed by atoms with E-state index in [1.54, 1.807) is 6.07 Å². The van der Waals surface area contributed by atoms with E-state index in [1.807, 2.05) is 70.2 Å². The van der Waals surface area contributed by atoms with Crippen LogP contribution in [0.2, 0.25) is 0 Å². The molecule has 0 unspecified atom stereocenters. The van der Waals surface area contributed by atoms with Crippen molar-refractivity contribution in [1.29, 1.82) is 0 Å². The van der Waals surface area contributed by atoms with Gasteiger partial charge in [-0.2, -0.15) is 0 Å². The summed E-state index contributed by atoms with van der Waals surface area (Å²) in [5, 5.41) is 2.97. The van der Waals surface area contributed by atoms with Gasteiger partial charge < -0.3 is 5.32 Å². The van der Waals surface area contributed by atoms with Crippen LogP contribution in [0.25, 0.3) is 0 Å². The topological polar surface area (TPSA) is 66.5 Å². The third-order valence-corrected chi connectivity index (χ3v) is 5.41. The highest BCUT2D eigenvalue weighted by Crippen LogP contribution is 2.24. The maximum atomic E-state index is 12.7. The first-order chi connectivity index (χ1) is 12.5. The van der Waals surface area contributed by atoms with Crippen LogP contribution in [0, 0.1) is 13.8 Å². The summed E-state index contributed by atoms with van der Waals surface area (Å²) < 4.78 is 25.8. The zero-order valence-electron chi connectivity index (χ0n) is 16.6. The Hall–Kier alpha value is -2.34. The van der Waals surface area contributed by atoms with Crippen LogP contribution in [0.4, 0.5) is 5.69 Å². The summed E-state index contributed by atoms with van der Waals surface area (Å²) in [5.74, 6) is -0.331. The van der Waals surface area contributed by atoms with E-state index >= 15 is 0 Å². The summed E-state index contributed by atoms with van der Waals surface area (Å²) in [4.78, 5) is 12.7. The molecule has 1 amide bonds. The molecule has 0 atom stereocenters. The van der Waals surface area contributed by atoms with Crippen LogP contribution in [0.1, 0.15) is 30.5 Å². The Labute approximate surface area is 162 Å². The first-order valence-corrected chi connectivity index (χ1v) is 10.7. The number of sulfonamides is 1. The van der Waals surface area contributed by atoms with Crippen molar-refractivity contribution < 1.29 is 13.2 Å². The molecule has 27 heavy (non-hydrogen) atoms. The fourth-order valence-electron chi connectivity index (χ4n) is 3.07. The fraction of sp³-hybridized carbons (Fsp3) is 0.381. The van der Waals surface area contributed by atoms with Gasteiger partial charge in [0.2, 0.25) is 15.9 Å². The number of rotatable bonds is 7. The van der Waals surface area contributed by atoms with Crippen LogP contribution < -0.4 is 9.62 Å². The fourth-order valence-corrected chi connectivity index (χ4v) is 3.97. The molecule has 0 bridgehead atoms. The Morgan fingerprint density at radius 1 is 1.07 bits per heavy atom. The molecule has 146 valence electrons. The summed E-state index contributed by atoms with van der Waals surface area (Å²) in [6, 6.07) is 15.4. The maximum Gasteiger partial charge on any atom is 0.241 e. The number of hydrogen-bond acceptors (Lipinski definition) is 3. The Balaban J connectivity index is 2.18. The van der Waals surface area contributed by atoms with Gasteiger partial charge in [-0.05, 0) is 56.9 Å². The van der Waals surface area contributed by atoms with Gasteiger partial charge in [0, 0.05) is 5.54 Å². The van der Waals surface area contributed by atoms with E-state index in [4.69, 9.17) is 0 Å². The second kappa shape index (κ2) is 8.13. The SMILES string of the molecule is Cc1ccc(C)c(N(CC(=O)NC(C)(C)Cc2ccccc2)S(C)(=O)=O)c1. The molecule has 0 aromatic heterocycles. The zero-order chi connectivity index (χ0) is 20.2. The molecular formula is C21H28N2O3S. The van der Waals surface area contributed by atoms with Crippen molar-refractivity contribution in [3.05, 3.63) is 65.2 Å². The molecule has 0 saturated carbocycles. The normalized spacial score (nSPS) is 11.9. The lowest BCUT2D eigenvalue weighted by Gasteiger charge is -2.29. The molecule has 0 fully saturated rings. The molecule has 0 aliphatic carbocycles. The minimum absolute atomic E-state index is 0.249. The number of carbonyl (C=O) groups excluding carboxylic acids is 1. The minimum atomic E-state index is -3.59. The van der Waals surface area contributed by atoms with Gasteiger partial charge >= 0.3 is 0 Å². The number of aryl methyl sites for hydroxylation is 2. The Morgan fingerprint density at radius 2 is 1.70 bits per heavy atom. The van der Waals surface area contributed by atoms with Gasteiger partial charge in [0.1, 0.15) is 6.54 Å². The van der Waals surface area contributed by atoms with Gasteiger partial charge in [0.25, 0.3) is 0 Å². The lowest BCUT2D eigenvalue weighted by atomic mass is 9.95. The van der Waals surface area contributed by atoms with Crippen LogP contribution in [0.3, 0.4) is 0 Å². The van der Waals surface area contributed by atoms with E-state index in [-0.39, 0.29) is 12.5 Å². The predicted octanol–water partition coefficient (Wildman–Crippen LogP) is 3.21. The van der Waals surface area contributed by atoms with Crippen LogP contribution in [-0.2, 0) is 21.2 Å².